The molecule has 0 amide bonds. The standard InChI is InChI=1S/C15H14F3N5O2S/c16-15(17,18)7-26(24,25)23-4-2-9(6-23)13-12-10-1-3-19-14(10)20-5-11(12)21-8-22-13/h1,3,5,8-9H,2,4,6-7H2,(H,19,20). The molecule has 1 aliphatic rings. The molecule has 138 valence electrons. The zero-order valence-corrected chi connectivity index (χ0v) is 14.2. The van der Waals surface area contributed by atoms with Gasteiger partial charge in [-0.15, -0.1) is 0 Å². The third kappa shape index (κ3) is 3.01. The number of H-pyrrole nitrogens is 1. The van der Waals surface area contributed by atoms with Gasteiger partial charge in [-0.05, 0) is 12.5 Å². The molecule has 0 saturated carbocycles. The summed E-state index contributed by atoms with van der Waals surface area (Å²) >= 11 is 0. The molecule has 1 N–H and O–H groups in total. The quantitative estimate of drug-likeness (QED) is 0.746. The molecule has 0 radical (unpaired) electrons. The van der Waals surface area contributed by atoms with Crippen LogP contribution in [-0.4, -0.2) is 57.7 Å². The SMILES string of the molecule is O=S(=O)(CC(F)(F)F)N1CCC(c2ncnc3cnc4[nH]ccc4c23)C1. The molecule has 4 rings (SSSR count). The first-order valence-corrected chi connectivity index (χ1v) is 9.47. The fourth-order valence-corrected chi connectivity index (χ4v) is 4.78. The molecule has 0 spiro atoms. The van der Waals surface area contributed by atoms with Gasteiger partial charge in [-0.2, -0.15) is 13.2 Å². The van der Waals surface area contributed by atoms with Crippen molar-refractivity contribution < 1.29 is 21.6 Å². The average molecular weight is 385 g/mol. The minimum Gasteiger partial charge on any atom is -0.346 e. The highest BCUT2D eigenvalue weighted by atomic mass is 32.2. The third-order valence-corrected chi connectivity index (χ3v) is 6.30. The fourth-order valence-electron chi connectivity index (χ4n) is 3.39. The molecule has 3 aromatic rings. The predicted molar refractivity (Wildman–Crippen MR) is 88.0 cm³/mol. The number of hydrogen-bond acceptors (Lipinski definition) is 5. The molecule has 26 heavy (non-hydrogen) atoms. The van der Waals surface area contributed by atoms with Crippen LogP contribution in [0.4, 0.5) is 13.2 Å². The first-order chi connectivity index (χ1) is 12.2. The Hall–Kier alpha value is -2.27. The second-order valence-corrected chi connectivity index (χ2v) is 8.20. The molecular weight excluding hydrogens is 371 g/mol. The van der Waals surface area contributed by atoms with Crippen molar-refractivity contribution in [3.63, 3.8) is 0 Å². The van der Waals surface area contributed by atoms with E-state index < -0.39 is 22.0 Å². The van der Waals surface area contributed by atoms with Crippen molar-refractivity contribution in [1.82, 2.24) is 24.2 Å². The number of alkyl halides is 3. The summed E-state index contributed by atoms with van der Waals surface area (Å²) < 4.78 is 62.5. The van der Waals surface area contributed by atoms with Gasteiger partial charge in [0, 0.05) is 36.0 Å². The van der Waals surface area contributed by atoms with E-state index >= 15 is 0 Å². The van der Waals surface area contributed by atoms with E-state index in [1.165, 1.54) is 6.33 Å². The lowest BCUT2D eigenvalue weighted by Gasteiger charge is -2.18. The van der Waals surface area contributed by atoms with Gasteiger partial charge in [0.1, 0.15) is 12.0 Å². The van der Waals surface area contributed by atoms with Gasteiger partial charge in [-0.3, -0.25) is 0 Å². The van der Waals surface area contributed by atoms with Crippen molar-refractivity contribution in [3.8, 4) is 0 Å². The maximum atomic E-state index is 12.5. The van der Waals surface area contributed by atoms with Crippen molar-refractivity contribution >= 4 is 32.0 Å². The highest BCUT2D eigenvalue weighted by Crippen LogP contribution is 2.35. The van der Waals surface area contributed by atoms with Crippen LogP contribution < -0.4 is 0 Å². The number of rotatable bonds is 3. The Morgan fingerprint density at radius 1 is 1.27 bits per heavy atom. The van der Waals surface area contributed by atoms with Gasteiger partial charge in [-0.1, -0.05) is 0 Å². The van der Waals surface area contributed by atoms with Crippen LogP contribution in [0.3, 0.4) is 0 Å². The molecule has 0 bridgehead atoms. The van der Waals surface area contributed by atoms with Gasteiger partial charge >= 0.3 is 6.18 Å². The summed E-state index contributed by atoms with van der Waals surface area (Å²) in [6.07, 6.45) is 0.318. The first-order valence-electron chi connectivity index (χ1n) is 7.86. The van der Waals surface area contributed by atoms with Crippen molar-refractivity contribution in [2.45, 2.75) is 18.5 Å². The lowest BCUT2D eigenvalue weighted by atomic mass is 9.99. The average Bonchev–Trinajstić information content (AvgIpc) is 3.21. The van der Waals surface area contributed by atoms with Crippen LogP contribution in [0.25, 0.3) is 21.9 Å². The Kier molecular flexibility index (Phi) is 3.88. The minimum atomic E-state index is -4.76. The number of fused-ring (bicyclic) bond motifs is 3. The van der Waals surface area contributed by atoms with E-state index in [-0.39, 0.29) is 19.0 Å². The third-order valence-electron chi connectivity index (χ3n) is 4.49. The monoisotopic (exact) mass is 385 g/mol. The maximum absolute atomic E-state index is 12.5. The molecule has 4 heterocycles. The van der Waals surface area contributed by atoms with Crippen LogP contribution in [0.15, 0.2) is 24.8 Å². The largest absolute Gasteiger partial charge is 0.404 e. The summed E-state index contributed by atoms with van der Waals surface area (Å²) in [5.74, 6) is -2.15. The van der Waals surface area contributed by atoms with Crippen LogP contribution in [0, 0.1) is 0 Å². The summed E-state index contributed by atoms with van der Waals surface area (Å²) in [5.41, 5.74) is 1.89. The Morgan fingerprint density at radius 2 is 2.08 bits per heavy atom. The molecule has 7 nitrogen and oxygen atoms in total. The van der Waals surface area contributed by atoms with Crippen molar-refractivity contribution in [2.24, 2.45) is 0 Å². The van der Waals surface area contributed by atoms with E-state index in [0.717, 1.165) is 15.1 Å². The van der Waals surface area contributed by atoms with Crippen LogP contribution >= 0.6 is 0 Å². The highest BCUT2D eigenvalue weighted by Gasteiger charge is 2.41. The summed E-state index contributed by atoms with van der Waals surface area (Å²) in [5, 5.41) is 1.55. The number of nitrogens with one attached hydrogen (secondary N) is 1. The summed E-state index contributed by atoms with van der Waals surface area (Å²) in [6, 6.07) is 1.82. The molecule has 0 aliphatic carbocycles. The second-order valence-electron chi connectivity index (χ2n) is 6.23. The Bertz CT molecular complexity index is 1080. The van der Waals surface area contributed by atoms with Gasteiger partial charge < -0.3 is 4.98 Å². The topological polar surface area (TPSA) is 91.8 Å². The summed E-state index contributed by atoms with van der Waals surface area (Å²) in [7, 11) is -4.40. The molecule has 1 saturated heterocycles. The van der Waals surface area contributed by atoms with E-state index in [1.54, 1.807) is 12.4 Å². The van der Waals surface area contributed by atoms with Crippen LogP contribution in [0.2, 0.25) is 0 Å². The Morgan fingerprint density at radius 3 is 2.85 bits per heavy atom. The van der Waals surface area contributed by atoms with E-state index in [0.29, 0.717) is 23.3 Å². The number of halogens is 3. The number of sulfonamides is 1. The molecule has 1 fully saturated rings. The number of aromatic amines is 1. The normalized spacial score (nSPS) is 19.6. The Labute approximate surface area is 146 Å². The maximum Gasteiger partial charge on any atom is 0.404 e. The summed E-state index contributed by atoms with van der Waals surface area (Å²) in [4.78, 5) is 15.7. The zero-order chi connectivity index (χ0) is 18.5. The van der Waals surface area contributed by atoms with E-state index in [4.69, 9.17) is 0 Å². The van der Waals surface area contributed by atoms with Crippen molar-refractivity contribution in [3.05, 3.63) is 30.5 Å². The lowest BCUT2D eigenvalue weighted by Crippen LogP contribution is -2.36. The molecular formula is C15H14F3N5O2S. The number of nitrogens with zero attached hydrogens (tertiary/aromatic N) is 4. The molecule has 3 aromatic heterocycles. The van der Waals surface area contributed by atoms with Crippen LogP contribution in [0.1, 0.15) is 18.0 Å². The van der Waals surface area contributed by atoms with Crippen molar-refractivity contribution in [2.75, 3.05) is 18.8 Å². The van der Waals surface area contributed by atoms with E-state index in [2.05, 4.69) is 19.9 Å². The van der Waals surface area contributed by atoms with Gasteiger partial charge in [0.2, 0.25) is 10.0 Å². The molecule has 0 aromatic carbocycles. The fraction of sp³-hybridized carbons (Fsp3) is 0.400. The zero-order valence-electron chi connectivity index (χ0n) is 13.4. The van der Waals surface area contributed by atoms with E-state index in [9.17, 15) is 21.6 Å². The van der Waals surface area contributed by atoms with E-state index in [1.807, 2.05) is 6.07 Å². The summed E-state index contributed by atoms with van der Waals surface area (Å²) in [6.45, 7) is 0.00864. The molecule has 1 unspecified atom stereocenters. The first kappa shape index (κ1) is 17.2. The van der Waals surface area contributed by atoms with Crippen LogP contribution in [-0.2, 0) is 10.0 Å². The lowest BCUT2D eigenvalue weighted by molar-refractivity contribution is -0.106. The van der Waals surface area contributed by atoms with Crippen molar-refractivity contribution in [1.29, 1.82) is 0 Å². The molecule has 1 aliphatic heterocycles. The highest BCUT2D eigenvalue weighted by molar-refractivity contribution is 7.89. The number of pyridine rings is 1. The predicted octanol–water partition coefficient (Wildman–Crippen LogP) is 2.19. The van der Waals surface area contributed by atoms with Gasteiger partial charge in [0.25, 0.3) is 0 Å². The van der Waals surface area contributed by atoms with Gasteiger partial charge in [0.05, 0.1) is 17.4 Å². The van der Waals surface area contributed by atoms with Gasteiger partial charge in [-0.25, -0.2) is 27.7 Å². The van der Waals surface area contributed by atoms with Crippen LogP contribution in [0.5, 0.6) is 0 Å². The van der Waals surface area contributed by atoms with Gasteiger partial charge in [0.15, 0.2) is 5.75 Å². The second kappa shape index (κ2) is 5.88. The minimum absolute atomic E-state index is 0.0290. The smallest absolute Gasteiger partial charge is 0.346 e. The molecule has 1 atom stereocenters. The number of aromatic nitrogens is 4. The Balaban J connectivity index is 1.71. The molecule has 11 heteroatoms. The number of hydrogen-bond donors (Lipinski definition) is 1.